The van der Waals surface area contributed by atoms with E-state index in [0.717, 1.165) is 54.1 Å². The number of hydrogen-bond donors (Lipinski definition) is 6. The summed E-state index contributed by atoms with van der Waals surface area (Å²) in [5.41, 5.74) is 22.4. The summed E-state index contributed by atoms with van der Waals surface area (Å²) >= 11 is 1.45. The summed E-state index contributed by atoms with van der Waals surface area (Å²) in [6.45, 7) is 0. The molecule has 73 heavy (non-hydrogen) atoms. The Morgan fingerprint density at radius 1 is 0.712 bits per heavy atom. The van der Waals surface area contributed by atoms with Crippen molar-refractivity contribution in [3.8, 4) is 17.1 Å². The number of aromatic amines is 1. The van der Waals surface area contributed by atoms with Crippen LogP contribution in [0.1, 0.15) is 36.0 Å². The zero-order chi connectivity index (χ0) is 52.4. The summed E-state index contributed by atoms with van der Waals surface area (Å²) < 4.78 is 6.99. The SMILES string of the molecule is Ic1ccccc1.NC(=O)c1cnc(N[C@@H]2CCCC[C@@H]2N)nc1Nc1ccn(-c2ccccc2)c1.Nc1ccn(-c2ccccc2)c1.O=[N+]([O-])c1cc[nH]c1.O=[N+]([O-])c1ccn(-c2ccccc2)c1.[Cl][Sn][Cl]. The molecular weight excluding hydrogens is 1190 g/mol. The third-order valence-corrected chi connectivity index (χ3v) is 11.2. The number of benzene rings is 4. The van der Waals surface area contributed by atoms with E-state index in [9.17, 15) is 25.0 Å². The molecule has 10 rings (SSSR count). The van der Waals surface area contributed by atoms with Gasteiger partial charge in [-0.1, -0.05) is 85.6 Å². The third kappa shape index (κ3) is 19.4. The zero-order valence-corrected chi connectivity index (χ0v) is 45.6. The van der Waals surface area contributed by atoms with Crippen LogP contribution in [0.2, 0.25) is 0 Å². The number of nitro groups is 2. The summed E-state index contributed by atoms with van der Waals surface area (Å²) in [5, 5.41) is 26.8. The second-order valence-corrected chi connectivity index (χ2v) is 21.0. The number of amides is 1. The Morgan fingerprint density at radius 3 is 1.66 bits per heavy atom. The molecule has 22 heteroatoms. The molecule has 0 unspecified atom stereocenters. The number of aromatic nitrogens is 6. The van der Waals surface area contributed by atoms with E-state index >= 15 is 0 Å². The van der Waals surface area contributed by atoms with E-state index in [2.05, 4.69) is 60.3 Å². The van der Waals surface area contributed by atoms with Crippen molar-refractivity contribution in [1.82, 2.24) is 28.7 Å². The number of nitrogens with zero attached hydrogens (tertiary/aromatic N) is 7. The number of hydrogen-bond acceptors (Lipinski definition) is 11. The Morgan fingerprint density at radius 2 is 1.22 bits per heavy atom. The van der Waals surface area contributed by atoms with Crippen molar-refractivity contribution in [3.63, 3.8) is 0 Å². The molecule has 5 heterocycles. The molecule has 0 aliphatic heterocycles. The fourth-order valence-electron chi connectivity index (χ4n) is 6.87. The van der Waals surface area contributed by atoms with Crippen molar-refractivity contribution in [1.29, 1.82) is 0 Å². The van der Waals surface area contributed by atoms with Crippen LogP contribution in [0.15, 0.2) is 201 Å². The van der Waals surface area contributed by atoms with Crippen LogP contribution < -0.4 is 27.8 Å². The van der Waals surface area contributed by atoms with Crippen LogP contribution >= 0.6 is 40.4 Å². The number of carbonyl (C=O) groups excluding carboxylic acids is 1. The Bertz CT molecular complexity index is 3020. The Hall–Kier alpha value is -7.18. The molecule has 1 fully saturated rings. The first-order valence-electron chi connectivity index (χ1n) is 22.3. The summed E-state index contributed by atoms with van der Waals surface area (Å²) in [4.78, 5) is 42.6. The van der Waals surface area contributed by atoms with Crippen molar-refractivity contribution in [2.75, 3.05) is 16.4 Å². The van der Waals surface area contributed by atoms with Crippen LogP contribution in [0.3, 0.4) is 0 Å². The van der Waals surface area contributed by atoms with E-state index in [4.69, 9.17) is 35.0 Å². The van der Waals surface area contributed by atoms with Crippen molar-refractivity contribution in [2.24, 2.45) is 11.5 Å². The van der Waals surface area contributed by atoms with E-state index in [1.807, 2.05) is 155 Å². The van der Waals surface area contributed by atoms with Crippen molar-refractivity contribution < 1.29 is 14.6 Å². The predicted molar refractivity (Wildman–Crippen MR) is 300 cm³/mol. The van der Waals surface area contributed by atoms with E-state index < -0.39 is 34.6 Å². The topological polar surface area (TPSA) is 262 Å². The fraction of sp³-hybridized carbons (Fsp3) is 0.118. The van der Waals surface area contributed by atoms with Crippen LogP contribution in [0.25, 0.3) is 17.1 Å². The average Bonchev–Trinajstić information content (AvgIpc) is 4.27. The Balaban J connectivity index is 0.000000186. The number of carbonyl (C=O) groups is 1. The molecule has 5 aromatic heterocycles. The first-order valence-corrected chi connectivity index (χ1v) is 30.7. The van der Waals surface area contributed by atoms with Gasteiger partial charge in [-0.3, -0.25) is 25.0 Å². The Kier molecular flexibility index (Phi) is 23.8. The summed E-state index contributed by atoms with van der Waals surface area (Å²) in [6.07, 6.45) is 19.4. The first-order chi connectivity index (χ1) is 35.3. The maximum atomic E-state index is 11.8. The van der Waals surface area contributed by atoms with E-state index in [1.165, 1.54) is 40.5 Å². The van der Waals surface area contributed by atoms with Gasteiger partial charge in [-0.2, -0.15) is 4.98 Å². The quantitative estimate of drug-likeness (QED) is 0.0325. The normalized spacial score (nSPS) is 13.2. The maximum absolute atomic E-state index is 11.8. The molecule has 1 saturated carbocycles. The van der Waals surface area contributed by atoms with Gasteiger partial charge in [-0.15, -0.1) is 0 Å². The van der Waals surface area contributed by atoms with Crippen LogP contribution in [0.4, 0.5) is 34.5 Å². The van der Waals surface area contributed by atoms with Crippen LogP contribution in [0, 0.1) is 23.8 Å². The van der Waals surface area contributed by atoms with Crippen LogP contribution in [-0.2, 0) is 0 Å². The van der Waals surface area contributed by atoms with Crippen LogP contribution in [-0.4, -0.2) is 75.4 Å². The van der Waals surface area contributed by atoms with Crippen molar-refractivity contribution in [2.45, 2.75) is 37.8 Å². The molecule has 0 saturated heterocycles. The molecule has 18 nitrogen and oxygen atoms in total. The molecule has 4 aromatic carbocycles. The molecular formula is C51H52Cl2IN13O5Sn. The number of anilines is 4. The Labute approximate surface area is 453 Å². The van der Waals surface area contributed by atoms with Crippen LogP contribution in [0.5, 0.6) is 0 Å². The minimum absolute atomic E-state index is 0.0690. The number of nitrogens with one attached hydrogen (secondary N) is 3. The van der Waals surface area contributed by atoms with Gasteiger partial charge in [0.15, 0.2) is 0 Å². The van der Waals surface area contributed by atoms with Gasteiger partial charge in [-0.05, 0) is 96.1 Å². The average molecular weight is 1240 g/mol. The monoisotopic (exact) mass is 1240 g/mol. The number of rotatable bonds is 10. The number of halogens is 3. The van der Waals surface area contributed by atoms with Gasteiger partial charge in [0.2, 0.25) is 5.95 Å². The molecule has 1 aliphatic rings. The minimum atomic E-state index is -0.826. The molecule has 1 amide bonds. The predicted octanol–water partition coefficient (Wildman–Crippen LogP) is 11.4. The first kappa shape index (κ1) is 56.7. The molecule has 9 aromatic rings. The number of nitrogen functional groups attached to an aromatic ring is 1. The number of para-hydroxylation sites is 3. The van der Waals surface area contributed by atoms with Crippen molar-refractivity contribution in [3.05, 3.63) is 231 Å². The van der Waals surface area contributed by atoms with Gasteiger partial charge in [-0.25, -0.2) is 4.98 Å². The number of primary amides is 1. The molecule has 2 atom stereocenters. The second kappa shape index (κ2) is 30.6. The fourth-order valence-corrected chi connectivity index (χ4v) is 7.29. The second-order valence-electron chi connectivity index (χ2n) is 15.5. The van der Waals surface area contributed by atoms with E-state index in [1.54, 1.807) is 10.8 Å². The van der Waals surface area contributed by atoms with Gasteiger partial charge < -0.3 is 46.5 Å². The molecule has 0 spiro atoms. The standard InChI is InChI=1S/C21H25N7O.C10H8N2O2.C10H10N2.C6H5I.C4H4N2O2.2ClH.Sn/c22-17-8-4-5-9-18(17)26-21-24-12-16(19(23)29)20(27-21)25-14-10-11-28(13-14)15-6-2-1-3-7-15;13-12(14)10-6-7-11(8-10)9-4-2-1-3-5-9;11-9-6-7-12(8-9)10-4-2-1-3-5-10;7-6-4-2-1-3-5-6;7-6(8)4-1-2-5-3-4;;;/h1-3,6-7,10-13,17-18H,4-5,8-9,22H2,(H2,23,29)(H2,24,25,26,27);1-8H;1-8H,11H2;1-5H;1-3,5H;2*1H;/q;;;;;;;+2/p-2/t17-,18+;;;;;;;/m0......./s1. The van der Waals surface area contributed by atoms with Crippen molar-refractivity contribution >= 4 is 99.7 Å². The van der Waals surface area contributed by atoms with Gasteiger partial charge in [0.05, 0.1) is 27.9 Å². The summed E-state index contributed by atoms with van der Waals surface area (Å²) in [5.74, 6) is 0.212. The number of nitrogens with two attached hydrogens (primary N) is 3. The zero-order valence-electron chi connectivity index (χ0n) is 39.1. The van der Waals surface area contributed by atoms with Gasteiger partial charge in [0, 0.05) is 93.9 Å². The number of H-pyrrole nitrogens is 1. The van der Waals surface area contributed by atoms with Gasteiger partial charge in [0.25, 0.3) is 17.3 Å². The molecule has 1 aliphatic carbocycles. The molecule has 376 valence electrons. The third-order valence-electron chi connectivity index (χ3n) is 10.4. The summed E-state index contributed by atoms with van der Waals surface area (Å²) in [7, 11) is 9.87. The van der Waals surface area contributed by atoms with E-state index in [-0.39, 0.29) is 29.0 Å². The van der Waals surface area contributed by atoms with Gasteiger partial charge in [0.1, 0.15) is 11.4 Å². The van der Waals surface area contributed by atoms with E-state index in [0.29, 0.717) is 11.8 Å². The molecule has 9 N–H and O–H groups in total. The summed E-state index contributed by atoms with van der Waals surface area (Å²) in [6, 6.07) is 46.6. The molecule has 0 bridgehead atoms. The van der Waals surface area contributed by atoms with Gasteiger partial charge >= 0.3 is 36.7 Å². The molecule has 2 radical (unpaired) electrons.